The molecule has 1 saturated heterocycles. The average Bonchev–Trinajstić information content (AvgIpc) is 2.06. The van der Waals surface area contributed by atoms with Crippen LogP contribution in [-0.2, 0) is 4.74 Å². The quantitative estimate of drug-likeness (QED) is 0.621. The predicted octanol–water partition coefficient (Wildman–Crippen LogP) is 0.265. The van der Waals surface area contributed by atoms with Crippen LogP contribution in [0.15, 0.2) is 0 Å². The molecule has 0 saturated carbocycles. The van der Waals surface area contributed by atoms with Crippen LogP contribution in [0.4, 0.5) is 0 Å². The molecule has 3 heteroatoms. The Morgan fingerprint density at radius 2 is 2.36 bits per heavy atom. The first kappa shape index (κ1) is 8.97. The Morgan fingerprint density at radius 3 is 2.91 bits per heavy atom. The van der Waals surface area contributed by atoms with Crippen molar-refractivity contribution in [1.82, 2.24) is 0 Å². The molecule has 66 valence electrons. The molecular formula is C8H17NO2. The summed E-state index contributed by atoms with van der Waals surface area (Å²) < 4.78 is 5.46. The van der Waals surface area contributed by atoms with Gasteiger partial charge < -0.3 is 15.6 Å². The molecule has 0 bridgehead atoms. The van der Waals surface area contributed by atoms with Crippen molar-refractivity contribution in [2.45, 2.75) is 37.8 Å². The van der Waals surface area contributed by atoms with Crippen molar-refractivity contribution in [2.75, 3.05) is 13.2 Å². The Labute approximate surface area is 67.5 Å². The van der Waals surface area contributed by atoms with Crippen LogP contribution in [0.2, 0.25) is 0 Å². The Kier molecular flexibility index (Phi) is 3.83. The molecule has 0 radical (unpaired) electrons. The molecule has 1 fully saturated rings. The van der Waals surface area contributed by atoms with E-state index in [-0.39, 0.29) is 12.6 Å². The number of hydrogen-bond acceptors (Lipinski definition) is 3. The maximum Gasteiger partial charge on any atom is 0.0590 e. The minimum absolute atomic E-state index is 0.0693. The second-order valence-corrected chi connectivity index (χ2v) is 3.17. The van der Waals surface area contributed by atoms with E-state index >= 15 is 0 Å². The minimum atomic E-state index is -0.0990. The van der Waals surface area contributed by atoms with Crippen LogP contribution in [0.25, 0.3) is 0 Å². The molecular weight excluding hydrogens is 142 g/mol. The zero-order valence-corrected chi connectivity index (χ0v) is 6.83. The number of ether oxygens (including phenoxy) is 1. The zero-order valence-electron chi connectivity index (χ0n) is 6.83. The van der Waals surface area contributed by atoms with Gasteiger partial charge in [0.25, 0.3) is 0 Å². The molecule has 0 aromatic rings. The molecule has 0 spiro atoms. The first-order chi connectivity index (χ1) is 5.33. The molecule has 0 unspecified atom stereocenters. The third-order valence-corrected chi connectivity index (χ3v) is 2.07. The molecule has 3 N–H and O–H groups in total. The van der Waals surface area contributed by atoms with Gasteiger partial charge in [0.05, 0.1) is 12.7 Å². The Morgan fingerprint density at radius 1 is 1.55 bits per heavy atom. The first-order valence-electron chi connectivity index (χ1n) is 4.31. The number of nitrogens with two attached hydrogens (primary N) is 1. The fraction of sp³-hybridized carbons (Fsp3) is 1.00. The summed E-state index contributed by atoms with van der Waals surface area (Å²) >= 11 is 0. The molecule has 0 aromatic carbocycles. The number of hydrogen-bond donors (Lipinski definition) is 2. The molecule has 11 heavy (non-hydrogen) atoms. The van der Waals surface area contributed by atoms with E-state index in [9.17, 15) is 0 Å². The number of aliphatic hydroxyl groups is 1. The van der Waals surface area contributed by atoms with Gasteiger partial charge in [0, 0.05) is 12.6 Å². The van der Waals surface area contributed by atoms with Crippen LogP contribution < -0.4 is 5.73 Å². The third-order valence-electron chi connectivity index (χ3n) is 2.07. The average molecular weight is 159 g/mol. The summed E-state index contributed by atoms with van der Waals surface area (Å²) in [7, 11) is 0. The summed E-state index contributed by atoms with van der Waals surface area (Å²) in [5.41, 5.74) is 5.57. The molecule has 1 aliphatic rings. The summed E-state index contributed by atoms with van der Waals surface area (Å²) in [6, 6.07) is -0.0990. The monoisotopic (exact) mass is 159 g/mol. The summed E-state index contributed by atoms with van der Waals surface area (Å²) in [6.45, 7) is 0.933. The number of aliphatic hydroxyl groups excluding tert-OH is 1. The highest BCUT2D eigenvalue weighted by Crippen LogP contribution is 2.16. The van der Waals surface area contributed by atoms with Gasteiger partial charge in [-0.25, -0.2) is 0 Å². The predicted molar refractivity (Wildman–Crippen MR) is 43.3 cm³/mol. The van der Waals surface area contributed by atoms with E-state index in [1.165, 1.54) is 12.8 Å². The van der Waals surface area contributed by atoms with Crippen LogP contribution in [0.3, 0.4) is 0 Å². The van der Waals surface area contributed by atoms with Crippen molar-refractivity contribution in [3.05, 3.63) is 0 Å². The molecule has 1 heterocycles. The lowest BCUT2D eigenvalue weighted by molar-refractivity contribution is 0.00418. The summed E-state index contributed by atoms with van der Waals surface area (Å²) in [5.74, 6) is 0. The lowest BCUT2D eigenvalue weighted by Gasteiger charge is -2.24. The summed E-state index contributed by atoms with van der Waals surface area (Å²) in [4.78, 5) is 0. The largest absolute Gasteiger partial charge is 0.395 e. The SMILES string of the molecule is N[C@@H](CO)C[C@@H]1CCCCO1. The van der Waals surface area contributed by atoms with Crippen molar-refractivity contribution in [2.24, 2.45) is 5.73 Å². The highest BCUT2D eigenvalue weighted by atomic mass is 16.5. The van der Waals surface area contributed by atoms with Gasteiger partial charge in [-0.15, -0.1) is 0 Å². The Bertz CT molecular complexity index is 102. The van der Waals surface area contributed by atoms with Crippen molar-refractivity contribution < 1.29 is 9.84 Å². The lowest BCUT2D eigenvalue weighted by Crippen LogP contribution is -2.32. The first-order valence-corrected chi connectivity index (χ1v) is 4.31. The maximum absolute atomic E-state index is 8.68. The fourth-order valence-electron chi connectivity index (χ4n) is 1.41. The van der Waals surface area contributed by atoms with Crippen molar-refractivity contribution in [3.63, 3.8) is 0 Å². The summed E-state index contributed by atoms with van der Waals surface area (Å²) in [6.07, 6.45) is 4.61. The van der Waals surface area contributed by atoms with E-state index in [0.717, 1.165) is 19.4 Å². The molecule has 0 aromatic heterocycles. The van der Waals surface area contributed by atoms with Crippen LogP contribution in [-0.4, -0.2) is 30.5 Å². The zero-order chi connectivity index (χ0) is 8.10. The van der Waals surface area contributed by atoms with E-state index in [4.69, 9.17) is 15.6 Å². The maximum atomic E-state index is 8.68. The normalized spacial score (nSPS) is 28.4. The molecule has 1 aliphatic heterocycles. The highest BCUT2D eigenvalue weighted by molar-refractivity contribution is 4.70. The van der Waals surface area contributed by atoms with Crippen molar-refractivity contribution in [1.29, 1.82) is 0 Å². The summed E-state index contributed by atoms with van der Waals surface area (Å²) in [5, 5.41) is 8.68. The van der Waals surface area contributed by atoms with Crippen molar-refractivity contribution >= 4 is 0 Å². The smallest absolute Gasteiger partial charge is 0.0590 e. The molecule has 2 atom stereocenters. The van der Waals surface area contributed by atoms with Gasteiger partial charge in [-0.3, -0.25) is 0 Å². The van der Waals surface area contributed by atoms with Gasteiger partial charge in [0.1, 0.15) is 0 Å². The topological polar surface area (TPSA) is 55.5 Å². The van der Waals surface area contributed by atoms with Crippen LogP contribution in [0, 0.1) is 0 Å². The molecule has 1 rings (SSSR count). The van der Waals surface area contributed by atoms with Gasteiger partial charge >= 0.3 is 0 Å². The van der Waals surface area contributed by atoms with Gasteiger partial charge in [-0.05, 0) is 25.7 Å². The molecule has 3 nitrogen and oxygen atoms in total. The standard InChI is InChI=1S/C8H17NO2/c9-7(6-10)5-8-3-1-2-4-11-8/h7-8,10H,1-6,9H2/t7-,8+/m1/s1. The van der Waals surface area contributed by atoms with Crippen molar-refractivity contribution in [3.8, 4) is 0 Å². The second kappa shape index (κ2) is 4.70. The highest BCUT2D eigenvalue weighted by Gasteiger charge is 2.16. The van der Waals surface area contributed by atoms with E-state index in [0.29, 0.717) is 6.10 Å². The van der Waals surface area contributed by atoms with Crippen LogP contribution in [0.5, 0.6) is 0 Å². The van der Waals surface area contributed by atoms with Gasteiger partial charge in [0.15, 0.2) is 0 Å². The molecule has 0 aliphatic carbocycles. The second-order valence-electron chi connectivity index (χ2n) is 3.17. The fourth-order valence-corrected chi connectivity index (χ4v) is 1.41. The minimum Gasteiger partial charge on any atom is -0.395 e. The van der Waals surface area contributed by atoms with E-state index < -0.39 is 0 Å². The third kappa shape index (κ3) is 3.18. The van der Waals surface area contributed by atoms with E-state index in [1.54, 1.807) is 0 Å². The van der Waals surface area contributed by atoms with E-state index in [2.05, 4.69) is 0 Å². The van der Waals surface area contributed by atoms with Gasteiger partial charge in [-0.2, -0.15) is 0 Å². The number of rotatable bonds is 3. The van der Waals surface area contributed by atoms with E-state index in [1.807, 2.05) is 0 Å². The van der Waals surface area contributed by atoms with Crippen LogP contribution >= 0.6 is 0 Å². The Hall–Kier alpha value is -0.120. The molecule has 0 amide bonds. The Balaban J connectivity index is 2.13. The lowest BCUT2D eigenvalue weighted by atomic mass is 10.0. The van der Waals surface area contributed by atoms with Gasteiger partial charge in [-0.1, -0.05) is 0 Å². The van der Waals surface area contributed by atoms with Gasteiger partial charge in [0.2, 0.25) is 0 Å². The van der Waals surface area contributed by atoms with Crippen LogP contribution in [0.1, 0.15) is 25.7 Å².